The van der Waals surface area contributed by atoms with Crippen molar-refractivity contribution in [1.29, 1.82) is 0 Å². The summed E-state index contributed by atoms with van der Waals surface area (Å²) in [7, 11) is 0. The smallest absolute Gasteiger partial charge is 0.274 e. The number of pyridine rings is 1. The average molecular weight is 249 g/mol. The van der Waals surface area contributed by atoms with Gasteiger partial charge in [-0.25, -0.2) is 9.97 Å². The van der Waals surface area contributed by atoms with Crippen LogP contribution in [0.25, 0.3) is 0 Å². The second-order valence-electron chi connectivity index (χ2n) is 3.44. The van der Waals surface area contributed by atoms with Crippen LogP contribution in [-0.4, -0.2) is 21.0 Å². The number of aromatic hydroxyl groups is 1. The molecule has 17 heavy (non-hydrogen) atoms. The van der Waals surface area contributed by atoms with Crippen LogP contribution >= 0.6 is 11.3 Å². The summed E-state index contributed by atoms with van der Waals surface area (Å²) < 4.78 is 0. The molecule has 0 bridgehead atoms. The molecule has 1 unspecified atom stereocenters. The Balaban J connectivity index is 2.10. The van der Waals surface area contributed by atoms with Gasteiger partial charge in [-0.2, -0.15) is 0 Å². The number of amides is 1. The van der Waals surface area contributed by atoms with E-state index in [1.807, 2.05) is 12.3 Å². The van der Waals surface area contributed by atoms with Crippen molar-refractivity contribution in [2.45, 2.75) is 13.0 Å². The first-order valence-electron chi connectivity index (χ1n) is 5.02. The van der Waals surface area contributed by atoms with Crippen molar-refractivity contribution in [2.75, 3.05) is 0 Å². The zero-order valence-corrected chi connectivity index (χ0v) is 9.94. The van der Waals surface area contributed by atoms with E-state index >= 15 is 0 Å². The molecular formula is C11H11N3O2S. The number of carbonyl (C=O) groups is 1. The fraction of sp³-hybridized carbons (Fsp3) is 0.182. The molecule has 0 aliphatic carbocycles. The van der Waals surface area contributed by atoms with Crippen LogP contribution in [0.15, 0.2) is 29.9 Å². The molecule has 0 spiro atoms. The molecule has 2 aromatic rings. The lowest BCUT2D eigenvalue weighted by atomic mass is 10.3. The number of carbonyl (C=O) groups excluding carboxylic acids is 1. The SMILES string of the molecule is CC(NC(=O)c1ncccc1O)c1nccs1. The summed E-state index contributed by atoms with van der Waals surface area (Å²) in [6.07, 6.45) is 3.14. The molecule has 88 valence electrons. The second-order valence-corrected chi connectivity index (χ2v) is 4.36. The Bertz CT molecular complexity index is 513. The molecule has 2 heterocycles. The van der Waals surface area contributed by atoms with E-state index in [9.17, 15) is 9.90 Å². The Hall–Kier alpha value is -1.95. The molecule has 0 aromatic carbocycles. The molecule has 2 rings (SSSR count). The minimum atomic E-state index is -0.411. The van der Waals surface area contributed by atoms with Crippen LogP contribution in [0.2, 0.25) is 0 Å². The number of nitrogens with one attached hydrogen (secondary N) is 1. The number of hydrogen-bond donors (Lipinski definition) is 2. The minimum Gasteiger partial charge on any atom is -0.505 e. The van der Waals surface area contributed by atoms with Gasteiger partial charge in [0.2, 0.25) is 0 Å². The lowest BCUT2D eigenvalue weighted by Gasteiger charge is -2.11. The molecule has 2 aromatic heterocycles. The summed E-state index contributed by atoms with van der Waals surface area (Å²) in [6.45, 7) is 1.83. The Kier molecular flexibility index (Phi) is 3.34. The normalized spacial score (nSPS) is 12.1. The molecule has 0 aliphatic rings. The lowest BCUT2D eigenvalue weighted by molar-refractivity contribution is 0.0932. The number of hydrogen-bond acceptors (Lipinski definition) is 5. The Morgan fingerprint density at radius 3 is 2.94 bits per heavy atom. The van der Waals surface area contributed by atoms with Gasteiger partial charge in [-0.05, 0) is 19.1 Å². The zero-order valence-electron chi connectivity index (χ0n) is 9.12. The van der Waals surface area contributed by atoms with E-state index in [2.05, 4.69) is 15.3 Å². The van der Waals surface area contributed by atoms with E-state index in [0.717, 1.165) is 5.01 Å². The summed E-state index contributed by atoms with van der Waals surface area (Å²) in [4.78, 5) is 19.8. The van der Waals surface area contributed by atoms with Crippen LogP contribution in [0, 0.1) is 0 Å². The Morgan fingerprint density at radius 1 is 1.47 bits per heavy atom. The van der Waals surface area contributed by atoms with Gasteiger partial charge in [0.25, 0.3) is 5.91 Å². The van der Waals surface area contributed by atoms with Gasteiger partial charge < -0.3 is 10.4 Å². The second kappa shape index (κ2) is 4.92. The van der Waals surface area contributed by atoms with Gasteiger partial charge in [0.1, 0.15) is 10.8 Å². The summed E-state index contributed by atoms with van der Waals surface area (Å²) in [5, 5.41) is 14.9. The van der Waals surface area contributed by atoms with Crippen molar-refractivity contribution >= 4 is 17.2 Å². The third-order valence-electron chi connectivity index (χ3n) is 2.17. The Morgan fingerprint density at radius 2 is 2.29 bits per heavy atom. The first-order valence-corrected chi connectivity index (χ1v) is 5.90. The molecule has 1 atom stereocenters. The van der Waals surface area contributed by atoms with E-state index in [4.69, 9.17) is 0 Å². The summed E-state index contributed by atoms with van der Waals surface area (Å²) in [6, 6.07) is 2.79. The molecule has 5 nitrogen and oxygen atoms in total. The van der Waals surface area contributed by atoms with Crippen LogP contribution in [-0.2, 0) is 0 Å². The van der Waals surface area contributed by atoms with Crippen molar-refractivity contribution < 1.29 is 9.90 Å². The van der Waals surface area contributed by atoms with Gasteiger partial charge in [0, 0.05) is 17.8 Å². The molecule has 0 fully saturated rings. The van der Waals surface area contributed by atoms with Crippen LogP contribution in [0.3, 0.4) is 0 Å². The van der Waals surface area contributed by atoms with Gasteiger partial charge in [-0.15, -0.1) is 11.3 Å². The van der Waals surface area contributed by atoms with Crippen LogP contribution < -0.4 is 5.32 Å². The topological polar surface area (TPSA) is 75.1 Å². The molecule has 0 radical (unpaired) electrons. The van der Waals surface area contributed by atoms with Gasteiger partial charge >= 0.3 is 0 Å². The summed E-state index contributed by atoms with van der Waals surface area (Å²) in [5.41, 5.74) is 0.0240. The third kappa shape index (κ3) is 2.59. The quantitative estimate of drug-likeness (QED) is 0.868. The number of nitrogens with zero attached hydrogens (tertiary/aromatic N) is 2. The predicted octanol–water partition coefficient (Wildman–Crippen LogP) is 1.73. The van der Waals surface area contributed by atoms with E-state index < -0.39 is 5.91 Å². The minimum absolute atomic E-state index is 0.0240. The maximum Gasteiger partial charge on any atom is 0.274 e. The van der Waals surface area contributed by atoms with Crippen molar-refractivity contribution in [3.05, 3.63) is 40.6 Å². The maximum atomic E-state index is 11.8. The predicted molar refractivity (Wildman–Crippen MR) is 63.9 cm³/mol. The molecule has 0 saturated carbocycles. The molecule has 1 amide bonds. The highest BCUT2D eigenvalue weighted by molar-refractivity contribution is 7.09. The van der Waals surface area contributed by atoms with E-state index in [0.29, 0.717) is 0 Å². The Labute approximate surface area is 102 Å². The summed E-state index contributed by atoms with van der Waals surface area (Å²) in [5.74, 6) is -0.540. The number of rotatable bonds is 3. The van der Waals surface area contributed by atoms with Gasteiger partial charge in [-0.3, -0.25) is 4.79 Å². The van der Waals surface area contributed by atoms with Gasteiger partial charge in [0.15, 0.2) is 5.69 Å². The van der Waals surface area contributed by atoms with Crippen molar-refractivity contribution in [1.82, 2.24) is 15.3 Å². The van der Waals surface area contributed by atoms with Crippen molar-refractivity contribution in [2.24, 2.45) is 0 Å². The molecule has 0 saturated heterocycles. The lowest BCUT2D eigenvalue weighted by Crippen LogP contribution is -2.27. The van der Waals surface area contributed by atoms with Crippen LogP contribution in [0.1, 0.15) is 28.5 Å². The molecule has 0 aliphatic heterocycles. The highest BCUT2D eigenvalue weighted by Crippen LogP contribution is 2.17. The van der Waals surface area contributed by atoms with Crippen molar-refractivity contribution in [3.8, 4) is 5.75 Å². The van der Waals surface area contributed by atoms with Crippen LogP contribution in [0.4, 0.5) is 0 Å². The van der Waals surface area contributed by atoms with Gasteiger partial charge in [-0.1, -0.05) is 0 Å². The largest absolute Gasteiger partial charge is 0.505 e. The third-order valence-corrected chi connectivity index (χ3v) is 3.13. The highest BCUT2D eigenvalue weighted by atomic mass is 32.1. The fourth-order valence-corrected chi connectivity index (χ4v) is 1.99. The molecule has 6 heteroatoms. The van der Waals surface area contributed by atoms with E-state index in [-0.39, 0.29) is 17.5 Å². The van der Waals surface area contributed by atoms with E-state index in [1.54, 1.807) is 12.3 Å². The maximum absolute atomic E-state index is 11.8. The fourth-order valence-electron chi connectivity index (χ4n) is 1.35. The number of aromatic nitrogens is 2. The highest BCUT2D eigenvalue weighted by Gasteiger charge is 2.16. The summed E-state index contributed by atoms with van der Waals surface area (Å²) >= 11 is 1.46. The number of thiazole rings is 1. The van der Waals surface area contributed by atoms with E-state index in [1.165, 1.54) is 23.6 Å². The average Bonchev–Trinajstić information content (AvgIpc) is 2.82. The van der Waals surface area contributed by atoms with Crippen molar-refractivity contribution in [3.63, 3.8) is 0 Å². The first-order chi connectivity index (χ1) is 8.18. The zero-order chi connectivity index (χ0) is 12.3. The standard InChI is InChI=1S/C11H11N3O2S/c1-7(11-13-5-6-17-11)14-10(16)9-8(15)3-2-4-12-9/h2-7,15H,1H3,(H,14,16). The first kappa shape index (κ1) is 11.5. The molecule has 2 N–H and O–H groups in total. The molecular weight excluding hydrogens is 238 g/mol. The van der Waals surface area contributed by atoms with Gasteiger partial charge in [0.05, 0.1) is 6.04 Å². The van der Waals surface area contributed by atoms with Crippen LogP contribution in [0.5, 0.6) is 5.75 Å². The monoisotopic (exact) mass is 249 g/mol.